The molecule has 1 rings (SSSR count). The van der Waals surface area contributed by atoms with Crippen LogP contribution >= 0.6 is 0 Å². The molecule has 3 N–H and O–H groups in total. The van der Waals surface area contributed by atoms with Gasteiger partial charge in [-0.15, -0.1) is 0 Å². The van der Waals surface area contributed by atoms with Crippen LogP contribution in [0, 0.1) is 13.8 Å². The highest BCUT2D eigenvalue weighted by Crippen LogP contribution is 2.08. The predicted octanol–water partition coefficient (Wildman–Crippen LogP) is 0.374. The standard InChI is InChI=1S/C7H9N3O2/c1-3-4(2)10-6(8)5(9-3)7(11)12/h1-2H3,(H2,8,10)(H,11,12). The zero-order valence-electron chi connectivity index (χ0n) is 6.83. The molecule has 0 unspecified atom stereocenters. The van der Waals surface area contributed by atoms with E-state index in [2.05, 4.69) is 9.97 Å². The molecular formula is C7H9N3O2. The van der Waals surface area contributed by atoms with E-state index in [0.717, 1.165) is 0 Å². The fourth-order valence-corrected chi connectivity index (χ4v) is 0.778. The summed E-state index contributed by atoms with van der Waals surface area (Å²) in [6.45, 7) is 3.42. The van der Waals surface area contributed by atoms with Gasteiger partial charge in [0.25, 0.3) is 0 Å². The van der Waals surface area contributed by atoms with Gasteiger partial charge in [0.2, 0.25) is 0 Å². The molecule has 0 saturated heterocycles. The second-order valence-electron chi connectivity index (χ2n) is 2.43. The average molecular weight is 167 g/mol. The Balaban J connectivity index is 3.33. The Morgan fingerprint density at radius 2 is 1.83 bits per heavy atom. The monoisotopic (exact) mass is 167 g/mol. The highest BCUT2D eigenvalue weighted by Gasteiger charge is 2.12. The van der Waals surface area contributed by atoms with Crippen molar-refractivity contribution in [3.63, 3.8) is 0 Å². The Kier molecular flexibility index (Phi) is 1.95. The number of aryl methyl sites for hydroxylation is 2. The van der Waals surface area contributed by atoms with Crippen LogP contribution in [0.2, 0.25) is 0 Å². The van der Waals surface area contributed by atoms with E-state index in [1.165, 1.54) is 0 Å². The van der Waals surface area contributed by atoms with E-state index in [4.69, 9.17) is 10.8 Å². The van der Waals surface area contributed by atoms with Gasteiger partial charge in [0, 0.05) is 0 Å². The second kappa shape index (κ2) is 2.77. The van der Waals surface area contributed by atoms with Gasteiger partial charge in [0.05, 0.1) is 11.4 Å². The maximum absolute atomic E-state index is 10.5. The first-order chi connectivity index (χ1) is 5.52. The van der Waals surface area contributed by atoms with E-state index in [0.29, 0.717) is 11.4 Å². The smallest absolute Gasteiger partial charge is 0.358 e. The molecule has 1 heterocycles. The van der Waals surface area contributed by atoms with Gasteiger partial charge in [-0.25, -0.2) is 14.8 Å². The molecule has 0 aliphatic heterocycles. The summed E-state index contributed by atoms with van der Waals surface area (Å²) in [6.07, 6.45) is 0. The van der Waals surface area contributed by atoms with Crippen LogP contribution in [0.15, 0.2) is 0 Å². The molecule has 0 bridgehead atoms. The van der Waals surface area contributed by atoms with Gasteiger partial charge in [-0.1, -0.05) is 0 Å². The molecular weight excluding hydrogens is 158 g/mol. The minimum Gasteiger partial charge on any atom is -0.476 e. The van der Waals surface area contributed by atoms with Gasteiger partial charge in [-0.3, -0.25) is 0 Å². The number of hydrogen-bond donors (Lipinski definition) is 2. The lowest BCUT2D eigenvalue weighted by molar-refractivity contribution is 0.0691. The zero-order valence-corrected chi connectivity index (χ0v) is 6.83. The molecule has 12 heavy (non-hydrogen) atoms. The predicted molar refractivity (Wildman–Crippen MR) is 42.9 cm³/mol. The quantitative estimate of drug-likeness (QED) is 0.630. The number of aromatic nitrogens is 2. The Bertz CT molecular complexity index is 336. The average Bonchev–Trinajstić information content (AvgIpc) is 1.96. The fourth-order valence-electron chi connectivity index (χ4n) is 0.778. The van der Waals surface area contributed by atoms with Crippen LogP contribution in [-0.4, -0.2) is 21.0 Å². The molecule has 5 nitrogen and oxygen atoms in total. The van der Waals surface area contributed by atoms with Gasteiger partial charge >= 0.3 is 5.97 Å². The zero-order chi connectivity index (χ0) is 9.30. The van der Waals surface area contributed by atoms with Crippen LogP contribution in [-0.2, 0) is 0 Å². The lowest BCUT2D eigenvalue weighted by Crippen LogP contribution is -2.10. The summed E-state index contributed by atoms with van der Waals surface area (Å²) < 4.78 is 0. The van der Waals surface area contributed by atoms with Gasteiger partial charge < -0.3 is 10.8 Å². The summed E-state index contributed by atoms with van der Waals surface area (Å²) >= 11 is 0. The number of carbonyl (C=O) groups is 1. The van der Waals surface area contributed by atoms with E-state index in [1.54, 1.807) is 13.8 Å². The molecule has 0 aromatic carbocycles. The van der Waals surface area contributed by atoms with Crippen LogP contribution < -0.4 is 5.73 Å². The maximum atomic E-state index is 10.5. The van der Waals surface area contributed by atoms with Crippen molar-refractivity contribution in [1.82, 2.24) is 9.97 Å². The first kappa shape index (κ1) is 8.45. The third-order valence-electron chi connectivity index (χ3n) is 1.54. The SMILES string of the molecule is Cc1nc(N)c(C(=O)O)nc1C. The lowest BCUT2D eigenvalue weighted by atomic mass is 10.3. The summed E-state index contributed by atoms with van der Waals surface area (Å²) in [6, 6.07) is 0. The number of rotatable bonds is 1. The van der Waals surface area contributed by atoms with Crippen LogP contribution in [0.3, 0.4) is 0 Å². The minimum atomic E-state index is -1.15. The van der Waals surface area contributed by atoms with Gasteiger partial charge in [0.1, 0.15) is 0 Å². The van der Waals surface area contributed by atoms with Gasteiger partial charge in [0.15, 0.2) is 11.5 Å². The number of anilines is 1. The molecule has 0 saturated carbocycles. The minimum absolute atomic E-state index is 0.0365. The molecule has 1 aromatic heterocycles. The van der Waals surface area contributed by atoms with Gasteiger partial charge in [-0.2, -0.15) is 0 Å². The fraction of sp³-hybridized carbons (Fsp3) is 0.286. The first-order valence-corrected chi connectivity index (χ1v) is 3.36. The lowest BCUT2D eigenvalue weighted by Gasteiger charge is -2.02. The van der Waals surface area contributed by atoms with Crippen molar-refractivity contribution in [2.24, 2.45) is 0 Å². The summed E-state index contributed by atoms with van der Waals surface area (Å²) in [7, 11) is 0. The maximum Gasteiger partial charge on any atom is 0.358 e. The van der Waals surface area contributed by atoms with Crippen molar-refractivity contribution >= 4 is 11.8 Å². The van der Waals surface area contributed by atoms with Crippen molar-refractivity contribution in [3.8, 4) is 0 Å². The molecule has 1 aromatic rings. The first-order valence-electron chi connectivity index (χ1n) is 3.36. The number of hydrogen-bond acceptors (Lipinski definition) is 4. The molecule has 64 valence electrons. The van der Waals surface area contributed by atoms with Crippen LogP contribution in [0.25, 0.3) is 0 Å². The normalized spacial score (nSPS) is 9.83. The van der Waals surface area contributed by atoms with Crippen LogP contribution in [0.4, 0.5) is 5.82 Å². The number of nitrogen functional groups attached to an aromatic ring is 1. The molecule has 5 heteroatoms. The van der Waals surface area contributed by atoms with E-state index >= 15 is 0 Å². The third-order valence-corrected chi connectivity index (χ3v) is 1.54. The van der Waals surface area contributed by atoms with Crippen molar-refractivity contribution in [2.45, 2.75) is 13.8 Å². The molecule has 0 radical (unpaired) electrons. The third kappa shape index (κ3) is 1.34. The van der Waals surface area contributed by atoms with E-state index in [1.807, 2.05) is 0 Å². The number of nitrogens with zero attached hydrogens (tertiary/aromatic N) is 2. The van der Waals surface area contributed by atoms with Crippen LogP contribution in [0.5, 0.6) is 0 Å². The summed E-state index contributed by atoms with van der Waals surface area (Å²) in [5.41, 5.74) is 6.39. The largest absolute Gasteiger partial charge is 0.476 e. The Labute approximate surface area is 69.3 Å². The molecule has 0 aliphatic carbocycles. The molecule has 0 fully saturated rings. The van der Waals surface area contributed by atoms with Crippen molar-refractivity contribution < 1.29 is 9.90 Å². The van der Waals surface area contributed by atoms with E-state index in [9.17, 15) is 4.79 Å². The van der Waals surface area contributed by atoms with Crippen LogP contribution in [0.1, 0.15) is 21.9 Å². The number of carboxylic acids is 1. The highest BCUT2D eigenvalue weighted by molar-refractivity contribution is 5.90. The summed E-state index contributed by atoms with van der Waals surface area (Å²) in [5.74, 6) is -1.19. The van der Waals surface area contributed by atoms with Crippen molar-refractivity contribution in [1.29, 1.82) is 0 Å². The topological polar surface area (TPSA) is 89.1 Å². The number of aromatic carboxylic acids is 1. The Morgan fingerprint density at radius 1 is 1.33 bits per heavy atom. The number of carboxylic acid groups (broad SMARTS) is 1. The molecule has 0 amide bonds. The summed E-state index contributed by atoms with van der Waals surface area (Å²) in [5, 5.41) is 8.60. The van der Waals surface area contributed by atoms with E-state index < -0.39 is 5.97 Å². The Morgan fingerprint density at radius 3 is 2.33 bits per heavy atom. The number of nitrogens with two attached hydrogens (primary N) is 1. The molecule has 0 spiro atoms. The molecule has 0 aliphatic rings. The van der Waals surface area contributed by atoms with E-state index in [-0.39, 0.29) is 11.5 Å². The molecule has 0 atom stereocenters. The van der Waals surface area contributed by atoms with Crippen molar-refractivity contribution in [3.05, 3.63) is 17.1 Å². The van der Waals surface area contributed by atoms with Crippen molar-refractivity contribution in [2.75, 3.05) is 5.73 Å². The summed E-state index contributed by atoms with van der Waals surface area (Å²) in [4.78, 5) is 18.1. The van der Waals surface area contributed by atoms with Gasteiger partial charge in [-0.05, 0) is 13.8 Å². The second-order valence-corrected chi connectivity index (χ2v) is 2.43. The highest BCUT2D eigenvalue weighted by atomic mass is 16.4. The Hall–Kier alpha value is -1.65.